The van der Waals surface area contributed by atoms with Crippen LogP contribution in [0.4, 0.5) is 0 Å². The van der Waals surface area contributed by atoms with Gasteiger partial charge in [0.25, 0.3) is 0 Å². The largest absolute Gasteiger partial charge is 0.378 e. The predicted octanol–water partition coefficient (Wildman–Crippen LogP) is 2.03. The number of ether oxygens (including phenoxy) is 1. The third kappa shape index (κ3) is 3.54. The van der Waals surface area contributed by atoms with Crippen molar-refractivity contribution < 1.29 is 4.74 Å². The maximum absolute atomic E-state index is 5.67. The second kappa shape index (κ2) is 6.17. The first-order valence-electron chi connectivity index (χ1n) is 6.62. The normalized spacial score (nSPS) is 21.9. The molecule has 4 nitrogen and oxygen atoms in total. The van der Waals surface area contributed by atoms with E-state index in [1.807, 2.05) is 17.9 Å². The monoisotopic (exact) mass is 237 g/mol. The molecule has 1 fully saturated rings. The molecule has 2 heterocycles. The number of aryl methyl sites for hydroxylation is 1. The third-order valence-electron chi connectivity index (χ3n) is 3.33. The van der Waals surface area contributed by atoms with Gasteiger partial charge in [-0.3, -0.25) is 0 Å². The number of hydrogen-bond donors (Lipinski definition) is 1. The molecule has 1 saturated heterocycles. The van der Waals surface area contributed by atoms with Crippen LogP contribution < -0.4 is 5.32 Å². The number of aromatic nitrogens is 2. The van der Waals surface area contributed by atoms with Gasteiger partial charge in [-0.2, -0.15) is 0 Å². The molecular formula is C13H23N3O. The standard InChI is InChI=1S/C13H23N3O/c1-3-14-12(13-9-16(2)10-15-13)7-6-11-5-4-8-17-11/h9-12,14H,3-8H2,1-2H3. The Hall–Kier alpha value is -0.870. The predicted molar refractivity (Wildman–Crippen MR) is 67.8 cm³/mol. The molecule has 1 aromatic heterocycles. The van der Waals surface area contributed by atoms with Crippen molar-refractivity contribution >= 4 is 0 Å². The van der Waals surface area contributed by atoms with Crippen LogP contribution in [0.15, 0.2) is 12.5 Å². The Morgan fingerprint density at radius 3 is 3.12 bits per heavy atom. The minimum atomic E-state index is 0.366. The molecule has 2 unspecified atom stereocenters. The van der Waals surface area contributed by atoms with Crippen molar-refractivity contribution in [3.8, 4) is 0 Å². The van der Waals surface area contributed by atoms with E-state index in [2.05, 4.69) is 23.4 Å². The molecule has 4 heteroatoms. The maximum atomic E-state index is 5.67. The molecule has 2 atom stereocenters. The molecule has 0 bridgehead atoms. The van der Waals surface area contributed by atoms with E-state index < -0.39 is 0 Å². The lowest BCUT2D eigenvalue weighted by atomic mass is 10.0. The fourth-order valence-corrected chi connectivity index (χ4v) is 2.44. The van der Waals surface area contributed by atoms with E-state index in [9.17, 15) is 0 Å². The molecule has 0 radical (unpaired) electrons. The average molecular weight is 237 g/mol. The highest BCUT2D eigenvalue weighted by Gasteiger charge is 2.19. The van der Waals surface area contributed by atoms with E-state index in [-0.39, 0.29) is 0 Å². The van der Waals surface area contributed by atoms with Gasteiger partial charge in [-0.15, -0.1) is 0 Å². The van der Waals surface area contributed by atoms with E-state index in [1.165, 1.54) is 12.8 Å². The highest BCUT2D eigenvalue weighted by atomic mass is 16.5. The van der Waals surface area contributed by atoms with Crippen molar-refractivity contribution in [2.45, 2.75) is 44.8 Å². The Labute approximate surface area is 103 Å². The number of rotatable bonds is 6. The lowest BCUT2D eigenvalue weighted by molar-refractivity contribution is 0.0995. The second-order valence-electron chi connectivity index (χ2n) is 4.79. The Balaban J connectivity index is 1.87. The van der Waals surface area contributed by atoms with Gasteiger partial charge < -0.3 is 14.6 Å². The van der Waals surface area contributed by atoms with Gasteiger partial charge in [0.05, 0.1) is 24.2 Å². The molecule has 1 aliphatic rings. The molecule has 17 heavy (non-hydrogen) atoms. The van der Waals surface area contributed by atoms with E-state index >= 15 is 0 Å². The molecule has 0 spiro atoms. The summed E-state index contributed by atoms with van der Waals surface area (Å²) in [5.74, 6) is 0. The highest BCUT2D eigenvalue weighted by molar-refractivity contribution is 5.03. The van der Waals surface area contributed by atoms with Crippen LogP contribution in [-0.4, -0.2) is 28.8 Å². The van der Waals surface area contributed by atoms with Gasteiger partial charge in [0.1, 0.15) is 0 Å². The second-order valence-corrected chi connectivity index (χ2v) is 4.79. The number of hydrogen-bond acceptors (Lipinski definition) is 3. The zero-order valence-electron chi connectivity index (χ0n) is 10.9. The molecule has 0 amide bonds. The summed E-state index contributed by atoms with van der Waals surface area (Å²) in [5, 5.41) is 3.50. The van der Waals surface area contributed by atoms with Gasteiger partial charge in [0.15, 0.2) is 0 Å². The van der Waals surface area contributed by atoms with Gasteiger partial charge >= 0.3 is 0 Å². The summed E-state index contributed by atoms with van der Waals surface area (Å²) in [6, 6.07) is 0.366. The van der Waals surface area contributed by atoms with Crippen molar-refractivity contribution in [2.24, 2.45) is 7.05 Å². The molecule has 1 aliphatic heterocycles. The molecule has 0 saturated carbocycles. The Bertz CT molecular complexity index is 331. The van der Waals surface area contributed by atoms with Gasteiger partial charge in [-0.1, -0.05) is 6.92 Å². The molecule has 1 aromatic rings. The van der Waals surface area contributed by atoms with Crippen LogP contribution in [0.2, 0.25) is 0 Å². The lowest BCUT2D eigenvalue weighted by Crippen LogP contribution is -2.22. The van der Waals surface area contributed by atoms with Crippen molar-refractivity contribution in [2.75, 3.05) is 13.2 Å². The van der Waals surface area contributed by atoms with Crippen LogP contribution >= 0.6 is 0 Å². The van der Waals surface area contributed by atoms with Crippen LogP contribution in [0.5, 0.6) is 0 Å². The number of nitrogens with one attached hydrogen (secondary N) is 1. The molecular weight excluding hydrogens is 214 g/mol. The third-order valence-corrected chi connectivity index (χ3v) is 3.33. The lowest BCUT2D eigenvalue weighted by Gasteiger charge is -2.17. The van der Waals surface area contributed by atoms with E-state index in [0.717, 1.165) is 31.7 Å². The van der Waals surface area contributed by atoms with Crippen molar-refractivity contribution in [1.29, 1.82) is 0 Å². The highest BCUT2D eigenvalue weighted by Crippen LogP contribution is 2.23. The summed E-state index contributed by atoms with van der Waals surface area (Å²) in [7, 11) is 2.01. The first kappa shape index (κ1) is 12.6. The van der Waals surface area contributed by atoms with Gasteiger partial charge in [0.2, 0.25) is 0 Å². The SMILES string of the molecule is CCNC(CCC1CCCO1)c1cn(C)cn1. The Morgan fingerprint density at radius 2 is 2.53 bits per heavy atom. The van der Waals surface area contributed by atoms with E-state index in [4.69, 9.17) is 4.74 Å². The summed E-state index contributed by atoms with van der Waals surface area (Å²) < 4.78 is 7.67. The summed E-state index contributed by atoms with van der Waals surface area (Å²) in [6.45, 7) is 4.06. The minimum Gasteiger partial charge on any atom is -0.378 e. The van der Waals surface area contributed by atoms with Crippen molar-refractivity contribution in [3.05, 3.63) is 18.2 Å². The van der Waals surface area contributed by atoms with Crippen LogP contribution in [0.1, 0.15) is 44.3 Å². The van der Waals surface area contributed by atoms with Gasteiger partial charge in [-0.05, 0) is 32.2 Å². The quantitative estimate of drug-likeness (QED) is 0.823. The average Bonchev–Trinajstić information content (AvgIpc) is 2.95. The van der Waals surface area contributed by atoms with Crippen LogP contribution in [0.25, 0.3) is 0 Å². The van der Waals surface area contributed by atoms with Crippen LogP contribution in [0.3, 0.4) is 0 Å². The molecule has 2 rings (SSSR count). The summed E-state index contributed by atoms with van der Waals surface area (Å²) >= 11 is 0. The summed E-state index contributed by atoms with van der Waals surface area (Å²) in [4.78, 5) is 4.44. The first-order chi connectivity index (χ1) is 8.29. The Morgan fingerprint density at radius 1 is 1.65 bits per heavy atom. The smallest absolute Gasteiger partial charge is 0.0947 e. The summed E-state index contributed by atoms with van der Waals surface area (Å²) in [5.41, 5.74) is 1.15. The fraction of sp³-hybridized carbons (Fsp3) is 0.769. The number of imidazole rings is 1. The van der Waals surface area contributed by atoms with Gasteiger partial charge in [-0.25, -0.2) is 4.98 Å². The van der Waals surface area contributed by atoms with Crippen LogP contribution in [0, 0.1) is 0 Å². The Kier molecular flexibility index (Phi) is 4.57. The zero-order chi connectivity index (χ0) is 12.1. The first-order valence-corrected chi connectivity index (χ1v) is 6.62. The molecule has 96 valence electrons. The number of nitrogens with zero attached hydrogens (tertiary/aromatic N) is 2. The molecule has 0 aliphatic carbocycles. The maximum Gasteiger partial charge on any atom is 0.0947 e. The van der Waals surface area contributed by atoms with Crippen LogP contribution in [-0.2, 0) is 11.8 Å². The topological polar surface area (TPSA) is 39.1 Å². The fourth-order valence-electron chi connectivity index (χ4n) is 2.44. The van der Waals surface area contributed by atoms with Crippen molar-refractivity contribution in [3.63, 3.8) is 0 Å². The molecule has 0 aromatic carbocycles. The van der Waals surface area contributed by atoms with E-state index in [1.54, 1.807) is 0 Å². The van der Waals surface area contributed by atoms with Crippen molar-refractivity contribution in [1.82, 2.24) is 14.9 Å². The van der Waals surface area contributed by atoms with Gasteiger partial charge in [0, 0.05) is 19.9 Å². The summed E-state index contributed by atoms with van der Waals surface area (Å²) in [6.07, 6.45) is 9.12. The zero-order valence-corrected chi connectivity index (χ0v) is 10.9. The molecule has 1 N–H and O–H groups in total. The van der Waals surface area contributed by atoms with E-state index in [0.29, 0.717) is 12.1 Å². The minimum absolute atomic E-state index is 0.366.